The minimum Gasteiger partial charge on any atom is -0.352 e. The SMILES string of the molecule is CN=C(NCc1cnn(C)c1)N1CCN(C(C)C(=O)N2CCCC2)CC1. The van der Waals surface area contributed by atoms with Crippen LogP contribution in [0.25, 0.3) is 0 Å². The van der Waals surface area contributed by atoms with E-state index in [1.54, 1.807) is 4.68 Å². The minimum atomic E-state index is -0.0272. The third-order valence-electron chi connectivity index (χ3n) is 5.36. The third kappa shape index (κ3) is 4.35. The summed E-state index contributed by atoms with van der Waals surface area (Å²) in [5, 5.41) is 7.60. The second-order valence-corrected chi connectivity index (χ2v) is 7.15. The number of piperazine rings is 1. The van der Waals surface area contributed by atoms with Gasteiger partial charge in [-0.25, -0.2) is 0 Å². The van der Waals surface area contributed by atoms with Crippen molar-refractivity contribution in [1.82, 2.24) is 29.8 Å². The predicted molar refractivity (Wildman–Crippen MR) is 102 cm³/mol. The molecule has 8 heteroatoms. The van der Waals surface area contributed by atoms with Crippen molar-refractivity contribution >= 4 is 11.9 Å². The van der Waals surface area contributed by atoms with Gasteiger partial charge in [-0.05, 0) is 19.8 Å². The lowest BCUT2D eigenvalue weighted by molar-refractivity contribution is -0.135. The summed E-state index contributed by atoms with van der Waals surface area (Å²) in [4.78, 5) is 23.6. The number of guanidine groups is 1. The zero-order valence-corrected chi connectivity index (χ0v) is 16.2. The molecule has 2 aliphatic heterocycles. The summed E-state index contributed by atoms with van der Waals surface area (Å²) in [6, 6.07) is -0.0272. The molecular weight excluding hydrogens is 330 g/mol. The van der Waals surface area contributed by atoms with Crippen molar-refractivity contribution in [3.05, 3.63) is 18.0 Å². The van der Waals surface area contributed by atoms with E-state index < -0.39 is 0 Å². The van der Waals surface area contributed by atoms with Crippen molar-refractivity contribution in [2.45, 2.75) is 32.4 Å². The lowest BCUT2D eigenvalue weighted by Crippen LogP contribution is -2.57. The van der Waals surface area contributed by atoms with Gasteiger partial charge in [0.15, 0.2) is 5.96 Å². The number of carbonyl (C=O) groups is 1. The largest absolute Gasteiger partial charge is 0.352 e. The first-order chi connectivity index (χ1) is 12.6. The maximum Gasteiger partial charge on any atom is 0.239 e. The number of rotatable bonds is 4. The number of hydrogen-bond acceptors (Lipinski definition) is 4. The number of nitrogens with one attached hydrogen (secondary N) is 1. The monoisotopic (exact) mass is 361 g/mol. The van der Waals surface area contributed by atoms with Crippen LogP contribution >= 0.6 is 0 Å². The van der Waals surface area contributed by atoms with Gasteiger partial charge in [0.2, 0.25) is 5.91 Å². The van der Waals surface area contributed by atoms with E-state index in [1.807, 2.05) is 38.3 Å². The first-order valence-corrected chi connectivity index (χ1v) is 9.54. The molecule has 1 amide bonds. The summed E-state index contributed by atoms with van der Waals surface area (Å²) in [5.74, 6) is 1.20. The van der Waals surface area contributed by atoms with Crippen LogP contribution in [0.3, 0.4) is 0 Å². The van der Waals surface area contributed by atoms with E-state index in [2.05, 4.69) is 25.2 Å². The average molecular weight is 361 g/mol. The van der Waals surface area contributed by atoms with Gasteiger partial charge in [0, 0.05) is 71.7 Å². The molecule has 1 aromatic rings. The van der Waals surface area contributed by atoms with Crippen molar-refractivity contribution in [3.8, 4) is 0 Å². The van der Waals surface area contributed by atoms with Crippen LogP contribution in [-0.2, 0) is 18.4 Å². The van der Waals surface area contributed by atoms with Crippen LogP contribution in [0.15, 0.2) is 17.4 Å². The molecule has 2 aliphatic rings. The van der Waals surface area contributed by atoms with Crippen LogP contribution < -0.4 is 5.32 Å². The van der Waals surface area contributed by atoms with Gasteiger partial charge in [-0.2, -0.15) is 5.10 Å². The minimum absolute atomic E-state index is 0.0272. The molecule has 0 bridgehead atoms. The molecular formula is C18H31N7O. The quantitative estimate of drug-likeness (QED) is 0.610. The summed E-state index contributed by atoms with van der Waals surface area (Å²) in [6.07, 6.45) is 6.16. The number of aromatic nitrogens is 2. The molecule has 3 heterocycles. The number of nitrogens with zero attached hydrogens (tertiary/aromatic N) is 6. The number of aryl methyl sites for hydroxylation is 1. The van der Waals surface area contributed by atoms with Crippen molar-refractivity contribution in [2.75, 3.05) is 46.3 Å². The number of carbonyl (C=O) groups excluding carboxylic acids is 1. The molecule has 26 heavy (non-hydrogen) atoms. The van der Waals surface area contributed by atoms with Gasteiger partial charge in [0.25, 0.3) is 0 Å². The Balaban J connectivity index is 1.47. The van der Waals surface area contributed by atoms with Crippen molar-refractivity contribution in [3.63, 3.8) is 0 Å². The smallest absolute Gasteiger partial charge is 0.239 e. The molecule has 0 aliphatic carbocycles. The van der Waals surface area contributed by atoms with E-state index in [4.69, 9.17) is 0 Å². The standard InChI is InChI=1S/C18H31N7O/c1-15(17(26)24-6-4-5-7-24)23-8-10-25(11-9-23)18(19-2)20-12-16-13-21-22(3)14-16/h13-15H,4-12H2,1-3H3,(H,19,20). The van der Waals surface area contributed by atoms with Gasteiger partial charge in [-0.15, -0.1) is 0 Å². The molecule has 0 saturated carbocycles. The lowest BCUT2D eigenvalue weighted by atomic mass is 10.2. The topological polar surface area (TPSA) is 69.0 Å². The molecule has 8 nitrogen and oxygen atoms in total. The van der Waals surface area contributed by atoms with Crippen LogP contribution in [0.2, 0.25) is 0 Å². The van der Waals surface area contributed by atoms with Crippen LogP contribution in [0.5, 0.6) is 0 Å². The van der Waals surface area contributed by atoms with Gasteiger partial charge in [0.05, 0.1) is 12.2 Å². The Labute approximate surface area is 155 Å². The third-order valence-corrected chi connectivity index (χ3v) is 5.36. The zero-order valence-electron chi connectivity index (χ0n) is 16.2. The summed E-state index contributed by atoms with van der Waals surface area (Å²) >= 11 is 0. The summed E-state index contributed by atoms with van der Waals surface area (Å²) in [7, 11) is 3.74. The molecule has 2 fully saturated rings. The average Bonchev–Trinajstić information content (AvgIpc) is 3.33. The van der Waals surface area contributed by atoms with E-state index in [9.17, 15) is 4.79 Å². The van der Waals surface area contributed by atoms with Crippen molar-refractivity contribution in [1.29, 1.82) is 0 Å². The molecule has 3 rings (SSSR count). The molecule has 144 valence electrons. The molecule has 1 N–H and O–H groups in total. The Hall–Kier alpha value is -2.09. The van der Waals surface area contributed by atoms with E-state index in [-0.39, 0.29) is 11.9 Å². The summed E-state index contributed by atoms with van der Waals surface area (Å²) in [5.41, 5.74) is 1.14. The van der Waals surface area contributed by atoms with Gasteiger partial charge in [-0.1, -0.05) is 0 Å². The zero-order chi connectivity index (χ0) is 18.5. The van der Waals surface area contributed by atoms with Crippen LogP contribution in [0, 0.1) is 0 Å². The molecule has 0 spiro atoms. The fraction of sp³-hybridized carbons (Fsp3) is 0.722. The highest BCUT2D eigenvalue weighted by atomic mass is 16.2. The molecule has 1 atom stereocenters. The summed E-state index contributed by atoms with van der Waals surface area (Å²) < 4.78 is 1.80. The Kier molecular flexibility index (Phi) is 6.13. The highest BCUT2D eigenvalue weighted by molar-refractivity contribution is 5.82. The van der Waals surface area contributed by atoms with Crippen LogP contribution in [-0.4, -0.2) is 88.7 Å². The molecule has 0 aromatic carbocycles. The highest BCUT2D eigenvalue weighted by Crippen LogP contribution is 2.14. The van der Waals surface area contributed by atoms with E-state index in [1.165, 1.54) is 0 Å². The van der Waals surface area contributed by atoms with E-state index in [0.717, 1.165) is 63.6 Å². The predicted octanol–water partition coefficient (Wildman–Crippen LogP) is 0.124. The summed E-state index contributed by atoms with van der Waals surface area (Å²) in [6.45, 7) is 8.13. The van der Waals surface area contributed by atoms with Crippen molar-refractivity contribution in [2.24, 2.45) is 12.0 Å². The van der Waals surface area contributed by atoms with Gasteiger partial charge < -0.3 is 15.1 Å². The number of hydrogen-bond donors (Lipinski definition) is 1. The lowest BCUT2D eigenvalue weighted by Gasteiger charge is -2.39. The second kappa shape index (κ2) is 8.53. The molecule has 1 unspecified atom stereocenters. The van der Waals surface area contributed by atoms with E-state index in [0.29, 0.717) is 6.54 Å². The van der Waals surface area contributed by atoms with Gasteiger partial charge in [-0.3, -0.25) is 19.4 Å². The number of aliphatic imine (C=N–C) groups is 1. The maximum atomic E-state index is 12.6. The Morgan fingerprint density at radius 2 is 1.88 bits per heavy atom. The number of likely N-dealkylation sites (tertiary alicyclic amines) is 1. The Morgan fingerprint density at radius 1 is 1.19 bits per heavy atom. The first-order valence-electron chi connectivity index (χ1n) is 9.54. The fourth-order valence-electron chi connectivity index (χ4n) is 3.76. The highest BCUT2D eigenvalue weighted by Gasteiger charge is 2.30. The molecule has 2 saturated heterocycles. The number of amides is 1. The maximum absolute atomic E-state index is 12.6. The normalized spacial score (nSPS) is 20.5. The Bertz CT molecular complexity index is 627. The first kappa shape index (κ1) is 18.7. The second-order valence-electron chi connectivity index (χ2n) is 7.15. The van der Waals surface area contributed by atoms with Crippen LogP contribution in [0.4, 0.5) is 0 Å². The van der Waals surface area contributed by atoms with Gasteiger partial charge in [0.1, 0.15) is 0 Å². The van der Waals surface area contributed by atoms with Crippen molar-refractivity contribution < 1.29 is 4.79 Å². The van der Waals surface area contributed by atoms with E-state index >= 15 is 0 Å². The Morgan fingerprint density at radius 3 is 2.46 bits per heavy atom. The fourth-order valence-corrected chi connectivity index (χ4v) is 3.76. The molecule has 0 radical (unpaired) electrons. The molecule has 1 aromatic heterocycles. The van der Waals surface area contributed by atoms with Crippen LogP contribution in [0.1, 0.15) is 25.3 Å². The van der Waals surface area contributed by atoms with Gasteiger partial charge >= 0.3 is 0 Å².